The van der Waals surface area contributed by atoms with E-state index >= 15 is 0 Å². The molecular weight excluding hydrogens is 268 g/mol. The number of aromatic hydroxyl groups is 2. The Morgan fingerprint density at radius 3 is 2.38 bits per heavy atom. The van der Waals surface area contributed by atoms with Crippen molar-refractivity contribution in [3.63, 3.8) is 0 Å². The van der Waals surface area contributed by atoms with Crippen LogP contribution in [0.3, 0.4) is 0 Å². The second kappa shape index (κ2) is 6.76. The molecule has 0 aliphatic heterocycles. The average molecular weight is 286 g/mol. The molecule has 1 amide bonds. The van der Waals surface area contributed by atoms with Gasteiger partial charge in [-0.1, -0.05) is 24.3 Å². The third-order valence-corrected chi connectivity index (χ3v) is 3.13. The van der Waals surface area contributed by atoms with E-state index in [1.54, 1.807) is 0 Å². The molecule has 2 aromatic rings. The molecule has 0 saturated carbocycles. The van der Waals surface area contributed by atoms with Crippen molar-refractivity contribution in [1.29, 1.82) is 0 Å². The molecule has 0 radical (unpaired) electrons. The first-order valence-electron chi connectivity index (χ1n) is 6.68. The number of carbonyl (C=O) groups excluding carboxylic acids is 1. The minimum absolute atomic E-state index is 0.0507. The van der Waals surface area contributed by atoms with Crippen LogP contribution in [-0.4, -0.2) is 22.7 Å². The van der Waals surface area contributed by atoms with Crippen LogP contribution in [0.1, 0.15) is 21.5 Å². The topological polar surface area (TPSA) is 95.6 Å². The summed E-state index contributed by atoms with van der Waals surface area (Å²) in [6, 6.07) is 11.6. The molecule has 0 bridgehead atoms. The molecule has 0 heterocycles. The Bertz CT molecular complexity index is 624. The van der Waals surface area contributed by atoms with Crippen LogP contribution in [0.2, 0.25) is 0 Å². The lowest BCUT2D eigenvalue weighted by molar-refractivity contribution is 0.0948. The van der Waals surface area contributed by atoms with Gasteiger partial charge in [0.05, 0.1) is 5.56 Å². The van der Waals surface area contributed by atoms with Crippen molar-refractivity contribution in [3.05, 3.63) is 59.2 Å². The second-order valence-electron chi connectivity index (χ2n) is 4.74. The first-order valence-corrected chi connectivity index (χ1v) is 6.68. The smallest absolute Gasteiger partial charge is 0.255 e. The Labute approximate surface area is 123 Å². The molecule has 0 aliphatic rings. The summed E-state index contributed by atoms with van der Waals surface area (Å²) < 4.78 is 0. The molecule has 0 aromatic heterocycles. The van der Waals surface area contributed by atoms with Gasteiger partial charge in [0.15, 0.2) is 0 Å². The van der Waals surface area contributed by atoms with Gasteiger partial charge in [0.1, 0.15) is 11.5 Å². The average Bonchev–Trinajstić information content (AvgIpc) is 2.49. The maximum Gasteiger partial charge on any atom is 0.255 e. The molecule has 5 nitrogen and oxygen atoms in total. The number of benzene rings is 2. The van der Waals surface area contributed by atoms with Crippen LogP contribution in [0.25, 0.3) is 0 Å². The van der Waals surface area contributed by atoms with Gasteiger partial charge in [-0.15, -0.1) is 0 Å². The number of rotatable bonds is 5. The van der Waals surface area contributed by atoms with E-state index in [0.717, 1.165) is 17.5 Å². The normalized spacial score (nSPS) is 10.3. The minimum Gasteiger partial charge on any atom is -0.508 e. The summed E-state index contributed by atoms with van der Waals surface area (Å²) in [5, 5.41) is 21.7. The summed E-state index contributed by atoms with van der Waals surface area (Å²) in [4.78, 5) is 12.0. The van der Waals surface area contributed by atoms with E-state index in [1.165, 1.54) is 18.2 Å². The highest BCUT2D eigenvalue weighted by Crippen LogP contribution is 2.21. The molecule has 0 fully saturated rings. The van der Waals surface area contributed by atoms with E-state index in [9.17, 15) is 15.0 Å². The maximum atomic E-state index is 12.0. The van der Waals surface area contributed by atoms with Crippen LogP contribution >= 0.6 is 0 Å². The number of hydrogen-bond donors (Lipinski definition) is 4. The summed E-state index contributed by atoms with van der Waals surface area (Å²) in [5.74, 6) is -0.665. The number of phenolic OH excluding ortho intramolecular Hbond substituents is 2. The molecule has 0 unspecified atom stereocenters. The number of nitrogens with one attached hydrogen (secondary N) is 1. The molecular formula is C16H18N2O3. The highest BCUT2D eigenvalue weighted by atomic mass is 16.3. The Hall–Kier alpha value is -2.53. The number of nitrogens with two attached hydrogens (primary N) is 1. The zero-order chi connectivity index (χ0) is 15.2. The van der Waals surface area contributed by atoms with E-state index in [1.807, 2.05) is 24.3 Å². The summed E-state index contributed by atoms with van der Waals surface area (Å²) in [5.41, 5.74) is 7.64. The van der Waals surface area contributed by atoms with E-state index in [0.29, 0.717) is 13.1 Å². The predicted octanol–water partition coefficient (Wildman–Crippen LogP) is 1.53. The Morgan fingerprint density at radius 2 is 1.71 bits per heavy atom. The van der Waals surface area contributed by atoms with Crippen LogP contribution in [0.15, 0.2) is 42.5 Å². The van der Waals surface area contributed by atoms with E-state index in [2.05, 4.69) is 5.32 Å². The van der Waals surface area contributed by atoms with Crippen LogP contribution in [0.4, 0.5) is 0 Å². The van der Waals surface area contributed by atoms with Crippen molar-refractivity contribution in [2.24, 2.45) is 5.73 Å². The first kappa shape index (κ1) is 14.9. The van der Waals surface area contributed by atoms with Gasteiger partial charge in [0, 0.05) is 6.54 Å². The molecule has 0 aliphatic carbocycles. The van der Waals surface area contributed by atoms with Gasteiger partial charge < -0.3 is 21.3 Å². The highest BCUT2D eigenvalue weighted by molar-refractivity contribution is 5.97. The largest absolute Gasteiger partial charge is 0.508 e. The van der Waals surface area contributed by atoms with Crippen molar-refractivity contribution in [2.45, 2.75) is 13.0 Å². The van der Waals surface area contributed by atoms with Crippen LogP contribution in [-0.2, 0) is 13.0 Å². The summed E-state index contributed by atoms with van der Waals surface area (Å²) in [6.45, 7) is 0.948. The maximum absolute atomic E-state index is 12.0. The van der Waals surface area contributed by atoms with E-state index in [-0.39, 0.29) is 17.1 Å². The van der Waals surface area contributed by atoms with Crippen molar-refractivity contribution in [1.82, 2.24) is 5.32 Å². The van der Waals surface area contributed by atoms with Gasteiger partial charge in [0.25, 0.3) is 5.91 Å². The third kappa shape index (κ3) is 3.97. The van der Waals surface area contributed by atoms with E-state index in [4.69, 9.17) is 5.73 Å². The lowest BCUT2D eigenvalue weighted by Crippen LogP contribution is -2.22. The number of hydrogen-bond acceptors (Lipinski definition) is 4. The Morgan fingerprint density at radius 1 is 1.05 bits per heavy atom. The third-order valence-electron chi connectivity index (χ3n) is 3.13. The molecule has 0 atom stereocenters. The SMILES string of the molecule is NCCc1ccc(CNC(=O)c2cc(O)ccc2O)cc1. The second-order valence-corrected chi connectivity index (χ2v) is 4.74. The van der Waals surface area contributed by atoms with Gasteiger partial charge in [-0.05, 0) is 42.3 Å². The van der Waals surface area contributed by atoms with Crippen LogP contribution < -0.4 is 11.1 Å². The van der Waals surface area contributed by atoms with Crippen molar-refractivity contribution in [3.8, 4) is 11.5 Å². The summed E-state index contributed by atoms with van der Waals surface area (Å²) in [6.07, 6.45) is 0.823. The van der Waals surface area contributed by atoms with Crippen molar-refractivity contribution < 1.29 is 15.0 Å². The molecule has 0 spiro atoms. The van der Waals surface area contributed by atoms with Gasteiger partial charge >= 0.3 is 0 Å². The molecule has 110 valence electrons. The van der Waals surface area contributed by atoms with Crippen molar-refractivity contribution in [2.75, 3.05) is 6.54 Å². The molecule has 21 heavy (non-hydrogen) atoms. The fraction of sp³-hybridized carbons (Fsp3) is 0.188. The number of phenols is 2. The van der Waals surface area contributed by atoms with Crippen LogP contribution in [0, 0.1) is 0 Å². The fourth-order valence-corrected chi connectivity index (χ4v) is 1.97. The number of amides is 1. The summed E-state index contributed by atoms with van der Waals surface area (Å²) >= 11 is 0. The van der Waals surface area contributed by atoms with Gasteiger partial charge in [-0.3, -0.25) is 4.79 Å². The lowest BCUT2D eigenvalue weighted by atomic mass is 10.1. The monoisotopic (exact) mass is 286 g/mol. The predicted molar refractivity (Wildman–Crippen MR) is 80.1 cm³/mol. The highest BCUT2D eigenvalue weighted by Gasteiger charge is 2.11. The Balaban J connectivity index is 1.99. The standard InChI is InChI=1S/C16H18N2O3/c17-8-7-11-1-3-12(4-2-11)10-18-16(21)14-9-13(19)5-6-15(14)20/h1-6,9,19-20H,7-8,10,17H2,(H,18,21). The molecule has 2 rings (SSSR count). The minimum atomic E-state index is -0.436. The molecule has 5 heteroatoms. The quantitative estimate of drug-likeness (QED) is 0.627. The molecule has 2 aromatic carbocycles. The first-order chi connectivity index (χ1) is 10.1. The molecule has 5 N–H and O–H groups in total. The number of carbonyl (C=O) groups is 1. The van der Waals surface area contributed by atoms with Crippen LogP contribution in [0.5, 0.6) is 11.5 Å². The Kier molecular flexibility index (Phi) is 4.79. The summed E-state index contributed by atoms with van der Waals surface area (Å²) in [7, 11) is 0. The van der Waals surface area contributed by atoms with Crippen molar-refractivity contribution >= 4 is 5.91 Å². The lowest BCUT2D eigenvalue weighted by Gasteiger charge is -2.08. The fourth-order valence-electron chi connectivity index (χ4n) is 1.97. The van der Waals surface area contributed by atoms with Gasteiger partial charge in [0.2, 0.25) is 0 Å². The van der Waals surface area contributed by atoms with Gasteiger partial charge in [-0.25, -0.2) is 0 Å². The zero-order valence-corrected chi connectivity index (χ0v) is 11.5. The molecule has 0 saturated heterocycles. The zero-order valence-electron chi connectivity index (χ0n) is 11.5. The van der Waals surface area contributed by atoms with Gasteiger partial charge in [-0.2, -0.15) is 0 Å². The van der Waals surface area contributed by atoms with E-state index < -0.39 is 5.91 Å².